The monoisotopic (exact) mass is 226 g/mol. The smallest absolute Gasteiger partial charge is 0.0897 e. The molecular weight excluding hydrogens is 208 g/mol. The third kappa shape index (κ3) is 3.00. The van der Waals surface area contributed by atoms with Gasteiger partial charge in [0.05, 0.1) is 11.1 Å². The van der Waals surface area contributed by atoms with Crippen LogP contribution in [0.1, 0.15) is 41.6 Å². The van der Waals surface area contributed by atoms with Gasteiger partial charge in [0.15, 0.2) is 0 Å². The number of nitrogens with two attached hydrogens (primary N) is 1. The molecule has 1 aliphatic heterocycles. The summed E-state index contributed by atoms with van der Waals surface area (Å²) in [6.45, 7) is 2.94. The predicted molar refractivity (Wildman–Crippen MR) is 62.0 cm³/mol. The number of nitrogens with zero attached hydrogens (tertiary/aromatic N) is 1. The average molecular weight is 226 g/mol. The van der Waals surface area contributed by atoms with Crippen molar-refractivity contribution in [3.63, 3.8) is 0 Å². The minimum absolute atomic E-state index is 0.139. The zero-order chi connectivity index (χ0) is 10.7. The van der Waals surface area contributed by atoms with E-state index in [1.165, 1.54) is 17.7 Å². The molecule has 4 heteroatoms. The van der Waals surface area contributed by atoms with Crippen LogP contribution in [0.5, 0.6) is 0 Å². The highest BCUT2D eigenvalue weighted by molar-refractivity contribution is 7.11. The zero-order valence-corrected chi connectivity index (χ0v) is 9.93. The fourth-order valence-corrected chi connectivity index (χ4v) is 2.75. The van der Waals surface area contributed by atoms with Gasteiger partial charge >= 0.3 is 0 Å². The lowest BCUT2D eigenvalue weighted by atomic mass is 10.1. The van der Waals surface area contributed by atoms with Gasteiger partial charge in [-0.05, 0) is 32.6 Å². The molecule has 0 saturated carbocycles. The number of ether oxygens (including phenoxy) is 1. The first-order valence-corrected chi connectivity index (χ1v) is 6.37. The Bertz CT molecular complexity index is 307. The van der Waals surface area contributed by atoms with E-state index in [4.69, 9.17) is 10.5 Å². The highest BCUT2D eigenvalue weighted by Crippen LogP contribution is 2.25. The summed E-state index contributed by atoms with van der Waals surface area (Å²) in [4.78, 5) is 5.42. The van der Waals surface area contributed by atoms with Crippen molar-refractivity contribution in [3.8, 4) is 0 Å². The second-order valence-corrected chi connectivity index (χ2v) is 5.37. The molecule has 2 N–H and O–H groups in total. The predicted octanol–water partition coefficient (Wildman–Crippen LogP) is 2.41. The number of thiazole rings is 1. The number of aryl methyl sites for hydroxylation is 1. The van der Waals surface area contributed by atoms with Crippen LogP contribution in [0, 0.1) is 6.92 Å². The van der Waals surface area contributed by atoms with Crippen LogP contribution in [0.3, 0.4) is 0 Å². The van der Waals surface area contributed by atoms with Gasteiger partial charge in [0.2, 0.25) is 0 Å². The van der Waals surface area contributed by atoms with Crippen LogP contribution < -0.4 is 5.73 Å². The molecule has 2 heterocycles. The normalized spacial score (nSPS) is 23.2. The summed E-state index contributed by atoms with van der Waals surface area (Å²) in [5, 5.41) is 1.09. The third-order valence-electron chi connectivity index (χ3n) is 2.83. The minimum atomic E-state index is 0.139. The first-order valence-electron chi connectivity index (χ1n) is 5.55. The van der Waals surface area contributed by atoms with Gasteiger partial charge < -0.3 is 10.5 Å². The van der Waals surface area contributed by atoms with E-state index in [9.17, 15) is 0 Å². The van der Waals surface area contributed by atoms with E-state index >= 15 is 0 Å². The molecule has 1 aliphatic rings. The molecule has 1 fully saturated rings. The first kappa shape index (κ1) is 11.0. The molecule has 84 valence electrons. The SMILES string of the molecule is Cc1ncc(C(N)CCC2CCCO2)s1. The molecule has 2 rings (SSSR count). The molecule has 1 aromatic rings. The lowest BCUT2D eigenvalue weighted by Crippen LogP contribution is -2.13. The van der Waals surface area contributed by atoms with Crippen molar-refractivity contribution in [2.45, 2.75) is 44.8 Å². The lowest BCUT2D eigenvalue weighted by Gasteiger charge is -2.12. The molecule has 3 nitrogen and oxygen atoms in total. The van der Waals surface area contributed by atoms with Gasteiger partial charge in [0.1, 0.15) is 0 Å². The summed E-state index contributed by atoms with van der Waals surface area (Å²) in [7, 11) is 0. The lowest BCUT2D eigenvalue weighted by molar-refractivity contribution is 0.101. The second-order valence-electron chi connectivity index (χ2n) is 4.10. The van der Waals surface area contributed by atoms with Gasteiger partial charge in [-0.1, -0.05) is 0 Å². The molecular formula is C11H18N2OS. The van der Waals surface area contributed by atoms with Crippen LogP contribution >= 0.6 is 11.3 Å². The Kier molecular flexibility index (Phi) is 3.72. The summed E-state index contributed by atoms with van der Waals surface area (Å²) in [6.07, 6.45) is 6.85. The van der Waals surface area contributed by atoms with E-state index in [1.54, 1.807) is 11.3 Å². The van der Waals surface area contributed by atoms with Gasteiger partial charge in [-0.2, -0.15) is 0 Å². The van der Waals surface area contributed by atoms with Gasteiger partial charge in [-0.15, -0.1) is 11.3 Å². The second kappa shape index (κ2) is 5.05. The Labute approximate surface area is 94.7 Å². The number of hydrogen-bond acceptors (Lipinski definition) is 4. The van der Waals surface area contributed by atoms with Crippen LogP contribution in [0.2, 0.25) is 0 Å². The molecule has 2 unspecified atom stereocenters. The van der Waals surface area contributed by atoms with Crippen molar-refractivity contribution in [2.75, 3.05) is 6.61 Å². The summed E-state index contributed by atoms with van der Waals surface area (Å²) < 4.78 is 5.58. The van der Waals surface area contributed by atoms with Crippen LogP contribution in [0.4, 0.5) is 0 Å². The highest BCUT2D eigenvalue weighted by atomic mass is 32.1. The Balaban J connectivity index is 1.79. The number of aromatic nitrogens is 1. The van der Waals surface area contributed by atoms with Crippen LogP contribution in [-0.2, 0) is 4.74 Å². The zero-order valence-electron chi connectivity index (χ0n) is 9.11. The van der Waals surface area contributed by atoms with Crippen molar-refractivity contribution in [2.24, 2.45) is 5.73 Å². The molecule has 1 aromatic heterocycles. The molecule has 0 aliphatic carbocycles. The van der Waals surface area contributed by atoms with Crippen molar-refractivity contribution in [3.05, 3.63) is 16.1 Å². The van der Waals surface area contributed by atoms with E-state index in [2.05, 4.69) is 4.98 Å². The largest absolute Gasteiger partial charge is 0.378 e. The van der Waals surface area contributed by atoms with Crippen LogP contribution in [0.15, 0.2) is 6.20 Å². The third-order valence-corrected chi connectivity index (χ3v) is 3.87. The van der Waals surface area contributed by atoms with E-state index < -0.39 is 0 Å². The van der Waals surface area contributed by atoms with Gasteiger partial charge in [0, 0.05) is 23.7 Å². The van der Waals surface area contributed by atoms with E-state index in [-0.39, 0.29) is 6.04 Å². The maximum absolute atomic E-state index is 6.10. The van der Waals surface area contributed by atoms with Crippen molar-refractivity contribution >= 4 is 11.3 Å². The Hall–Kier alpha value is -0.450. The Morgan fingerprint density at radius 2 is 2.60 bits per heavy atom. The highest BCUT2D eigenvalue weighted by Gasteiger charge is 2.17. The topological polar surface area (TPSA) is 48.1 Å². The first-order chi connectivity index (χ1) is 7.25. The fraction of sp³-hybridized carbons (Fsp3) is 0.727. The van der Waals surface area contributed by atoms with Crippen LogP contribution in [0.25, 0.3) is 0 Å². The molecule has 2 atom stereocenters. The van der Waals surface area contributed by atoms with Gasteiger partial charge in [-0.3, -0.25) is 0 Å². The maximum atomic E-state index is 6.10. The molecule has 0 aromatic carbocycles. The van der Waals surface area contributed by atoms with E-state index in [0.29, 0.717) is 6.10 Å². The molecule has 15 heavy (non-hydrogen) atoms. The van der Waals surface area contributed by atoms with Gasteiger partial charge in [-0.25, -0.2) is 4.98 Å². The van der Waals surface area contributed by atoms with Gasteiger partial charge in [0.25, 0.3) is 0 Å². The van der Waals surface area contributed by atoms with Crippen LogP contribution in [-0.4, -0.2) is 17.7 Å². The van der Waals surface area contributed by atoms with Crippen molar-refractivity contribution in [1.29, 1.82) is 0 Å². The minimum Gasteiger partial charge on any atom is -0.378 e. The summed E-state index contributed by atoms with van der Waals surface area (Å²) in [5.74, 6) is 0. The van der Waals surface area contributed by atoms with E-state index in [1.807, 2.05) is 13.1 Å². The summed E-state index contributed by atoms with van der Waals surface area (Å²) in [6, 6.07) is 0.139. The van der Waals surface area contributed by atoms with Crippen molar-refractivity contribution in [1.82, 2.24) is 4.98 Å². The fourth-order valence-electron chi connectivity index (χ4n) is 1.93. The molecule has 0 amide bonds. The summed E-state index contributed by atoms with van der Waals surface area (Å²) in [5.41, 5.74) is 6.10. The standard InChI is InChI=1S/C11H18N2OS/c1-8-13-7-11(15-8)10(12)5-4-9-3-2-6-14-9/h7,9-10H,2-6,12H2,1H3. The Morgan fingerprint density at radius 3 is 3.20 bits per heavy atom. The Morgan fingerprint density at radius 1 is 1.73 bits per heavy atom. The quantitative estimate of drug-likeness (QED) is 0.857. The molecule has 0 spiro atoms. The molecule has 0 bridgehead atoms. The molecule has 0 radical (unpaired) electrons. The molecule has 1 saturated heterocycles. The average Bonchev–Trinajstić information content (AvgIpc) is 2.84. The van der Waals surface area contributed by atoms with Crippen molar-refractivity contribution < 1.29 is 4.74 Å². The van der Waals surface area contributed by atoms with E-state index in [0.717, 1.165) is 24.5 Å². The number of rotatable bonds is 4. The summed E-state index contributed by atoms with van der Waals surface area (Å²) >= 11 is 1.70. The number of hydrogen-bond donors (Lipinski definition) is 1. The maximum Gasteiger partial charge on any atom is 0.0897 e.